The third-order valence-corrected chi connectivity index (χ3v) is 6.75. The lowest BCUT2D eigenvalue weighted by Gasteiger charge is -2.30. The van der Waals surface area contributed by atoms with Crippen molar-refractivity contribution in [3.05, 3.63) is 59.2 Å². The Morgan fingerprint density at radius 3 is 2.32 bits per heavy atom. The molecule has 0 saturated carbocycles. The molecule has 1 saturated heterocycles. The van der Waals surface area contributed by atoms with Crippen LogP contribution in [0.5, 0.6) is 5.75 Å². The van der Waals surface area contributed by atoms with Crippen LogP contribution in [0.1, 0.15) is 24.0 Å². The Hall–Kier alpha value is -2.32. The summed E-state index contributed by atoms with van der Waals surface area (Å²) in [5, 5.41) is 0. The van der Waals surface area contributed by atoms with Crippen molar-refractivity contribution in [1.29, 1.82) is 0 Å². The fraction of sp³-hybridized carbons (Fsp3) is 0.350. The number of benzene rings is 2. The molecule has 2 aromatic carbocycles. The maximum absolute atomic E-state index is 13.4. The predicted octanol–water partition coefficient (Wildman–Crippen LogP) is 3.59. The second-order valence-corrected chi connectivity index (χ2v) is 8.88. The minimum absolute atomic E-state index is 0.105. The van der Waals surface area contributed by atoms with Crippen LogP contribution < -0.4 is 4.74 Å². The summed E-state index contributed by atoms with van der Waals surface area (Å²) in [4.78, 5) is 12.1. The van der Waals surface area contributed by atoms with Gasteiger partial charge in [0.15, 0.2) is 11.6 Å². The fourth-order valence-corrected chi connectivity index (χ4v) is 4.71. The van der Waals surface area contributed by atoms with Crippen LogP contribution in [0.25, 0.3) is 0 Å². The Labute approximate surface area is 163 Å². The third-order valence-electron chi connectivity index (χ3n) is 4.86. The first-order chi connectivity index (χ1) is 13.2. The van der Waals surface area contributed by atoms with Gasteiger partial charge in [0, 0.05) is 13.1 Å². The van der Waals surface area contributed by atoms with Crippen molar-refractivity contribution in [3.63, 3.8) is 0 Å². The zero-order valence-electron chi connectivity index (χ0n) is 15.6. The standard InChI is InChI=1S/C20H21F2NO4S/c1-13-3-6-19(14(2)11-13)27-20(24)15-7-9-23(10-8-15)28(25,26)16-4-5-17(21)18(22)12-16/h3-6,11-12,15H,7-10H2,1-2H3. The molecule has 150 valence electrons. The number of rotatable bonds is 4. The monoisotopic (exact) mass is 409 g/mol. The second-order valence-electron chi connectivity index (χ2n) is 6.94. The molecule has 1 heterocycles. The molecular weight excluding hydrogens is 388 g/mol. The first-order valence-electron chi connectivity index (χ1n) is 8.92. The molecule has 2 aromatic rings. The van der Waals surface area contributed by atoms with E-state index in [1.54, 1.807) is 6.07 Å². The first kappa shape index (κ1) is 20.4. The number of hydrogen-bond donors (Lipinski definition) is 0. The maximum atomic E-state index is 13.4. The van der Waals surface area contributed by atoms with Crippen molar-refractivity contribution >= 4 is 16.0 Å². The molecule has 5 nitrogen and oxygen atoms in total. The highest BCUT2D eigenvalue weighted by atomic mass is 32.2. The van der Waals surface area contributed by atoms with Gasteiger partial charge in [-0.15, -0.1) is 0 Å². The largest absolute Gasteiger partial charge is 0.426 e. The minimum atomic E-state index is -3.95. The molecule has 0 spiro atoms. The Kier molecular flexibility index (Phi) is 5.81. The van der Waals surface area contributed by atoms with Crippen molar-refractivity contribution in [1.82, 2.24) is 4.31 Å². The minimum Gasteiger partial charge on any atom is -0.426 e. The van der Waals surface area contributed by atoms with Crippen LogP contribution >= 0.6 is 0 Å². The number of carbonyl (C=O) groups excluding carboxylic acids is 1. The summed E-state index contributed by atoms with van der Waals surface area (Å²) in [6.45, 7) is 4.01. The normalized spacial score (nSPS) is 16.1. The molecule has 0 amide bonds. The van der Waals surface area contributed by atoms with Gasteiger partial charge in [-0.05, 0) is 56.5 Å². The highest BCUT2D eigenvalue weighted by Crippen LogP contribution is 2.27. The SMILES string of the molecule is Cc1ccc(OC(=O)C2CCN(S(=O)(=O)c3ccc(F)c(F)c3)CC2)c(C)c1. The van der Waals surface area contributed by atoms with Gasteiger partial charge in [0.25, 0.3) is 0 Å². The van der Waals surface area contributed by atoms with Crippen molar-refractivity contribution < 1.29 is 26.7 Å². The summed E-state index contributed by atoms with van der Waals surface area (Å²) >= 11 is 0. The van der Waals surface area contributed by atoms with E-state index in [0.717, 1.165) is 23.3 Å². The zero-order valence-corrected chi connectivity index (χ0v) is 16.4. The number of carbonyl (C=O) groups is 1. The smallest absolute Gasteiger partial charge is 0.314 e. The summed E-state index contributed by atoms with van der Waals surface area (Å²) in [5.74, 6) is -2.64. The van der Waals surface area contributed by atoms with Gasteiger partial charge in [0.1, 0.15) is 5.75 Å². The van der Waals surface area contributed by atoms with E-state index in [0.29, 0.717) is 24.7 Å². The highest BCUT2D eigenvalue weighted by Gasteiger charge is 2.33. The van der Waals surface area contributed by atoms with Gasteiger partial charge in [-0.3, -0.25) is 4.79 Å². The summed E-state index contributed by atoms with van der Waals surface area (Å²) in [6.07, 6.45) is 0.597. The zero-order chi connectivity index (χ0) is 20.5. The number of esters is 1. The van der Waals surface area contributed by atoms with Crippen molar-refractivity contribution in [2.45, 2.75) is 31.6 Å². The molecule has 0 N–H and O–H groups in total. The van der Waals surface area contributed by atoms with E-state index in [1.807, 2.05) is 26.0 Å². The van der Waals surface area contributed by atoms with Crippen molar-refractivity contribution in [2.75, 3.05) is 13.1 Å². The topological polar surface area (TPSA) is 63.7 Å². The van der Waals surface area contributed by atoms with Crippen LogP contribution in [0.2, 0.25) is 0 Å². The second kappa shape index (κ2) is 7.97. The van der Waals surface area contributed by atoms with Gasteiger partial charge in [-0.2, -0.15) is 4.31 Å². The van der Waals surface area contributed by atoms with Gasteiger partial charge >= 0.3 is 5.97 Å². The van der Waals surface area contributed by atoms with E-state index in [9.17, 15) is 22.0 Å². The Morgan fingerprint density at radius 1 is 1.04 bits per heavy atom. The molecule has 3 rings (SSSR count). The molecule has 0 radical (unpaired) electrons. The fourth-order valence-electron chi connectivity index (χ4n) is 3.22. The quantitative estimate of drug-likeness (QED) is 0.572. The van der Waals surface area contributed by atoms with E-state index in [1.165, 1.54) is 4.31 Å². The number of piperidine rings is 1. The molecule has 0 atom stereocenters. The van der Waals surface area contributed by atoms with Crippen molar-refractivity contribution in [3.8, 4) is 5.75 Å². The third kappa shape index (κ3) is 4.23. The lowest BCUT2D eigenvalue weighted by atomic mass is 9.98. The van der Waals surface area contributed by atoms with Crippen LogP contribution in [0, 0.1) is 31.4 Å². The number of halogens is 2. The van der Waals surface area contributed by atoms with E-state index < -0.39 is 33.5 Å². The molecule has 0 aliphatic carbocycles. The number of aryl methyl sites for hydroxylation is 2. The molecule has 1 aliphatic rings. The van der Waals surface area contributed by atoms with Gasteiger partial charge in [-0.25, -0.2) is 17.2 Å². The lowest BCUT2D eigenvalue weighted by Crippen LogP contribution is -2.41. The Balaban J connectivity index is 1.64. The predicted molar refractivity (Wildman–Crippen MR) is 99.4 cm³/mol. The first-order valence-corrected chi connectivity index (χ1v) is 10.4. The molecule has 1 aliphatic heterocycles. The number of ether oxygens (including phenoxy) is 1. The summed E-state index contributed by atoms with van der Waals surface area (Å²) < 4.78 is 58.3. The summed E-state index contributed by atoms with van der Waals surface area (Å²) in [5.41, 5.74) is 1.92. The average Bonchev–Trinajstić information content (AvgIpc) is 2.66. The highest BCUT2D eigenvalue weighted by molar-refractivity contribution is 7.89. The maximum Gasteiger partial charge on any atom is 0.314 e. The molecule has 0 bridgehead atoms. The molecule has 0 aromatic heterocycles. The van der Waals surface area contributed by atoms with Crippen molar-refractivity contribution in [2.24, 2.45) is 5.92 Å². The van der Waals surface area contributed by atoms with Gasteiger partial charge in [0.05, 0.1) is 10.8 Å². The average molecular weight is 409 g/mol. The molecule has 0 unspecified atom stereocenters. The lowest BCUT2D eigenvalue weighted by molar-refractivity contribution is -0.140. The van der Waals surface area contributed by atoms with Gasteiger partial charge < -0.3 is 4.74 Å². The van der Waals surface area contributed by atoms with Crippen LogP contribution in [0.4, 0.5) is 8.78 Å². The van der Waals surface area contributed by atoms with Gasteiger partial charge in [-0.1, -0.05) is 17.7 Å². The van der Waals surface area contributed by atoms with Crippen LogP contribution in [0.15, 0.2) is 41.3 Å². The number of nitrogens with zero attached hydrogens (tertiary/aromatic N) is 1. The summed E-state index contributed by atoms with van der Waals surface area (Å²) in [6, 6.07) is 8.01. The molecule has 28 heavy (non-hydrogen) atoms. The van der Waals surface area contributed by atoms with E-state index in [-0.39, 0.29) is 18.0 Å². The number of hydrogen-bond acceptors (Lipinski definition) is 4. The van der Waals surface area contributed by atoms with Crippen LogP contribution in [0.3, 0.4) is 0 Å². The van der Waals surface area contributed by atoms with Crippen LogP contribution in [-0.2, 0) is 14.8 Å². The van der Waals surface area contributed by atoms with Gasteiger partial charge in [0.2, 0.25) is 10.0 Å². The van der Waals surface area contributed by atoms with E-state index in [4.69, 9.17) is 4.74 Å². The molecule has 8 heteroatoms. The molecular formula is C20H21F2NO4S. The van der Waals surface area contributed by atoms with E-state index in [2.05, 4.69) is 0 Å². The number of sulfonamides is 1. The molecule has 1 fully saturated rings. The Morgan fingerprint density at radius 2 is 1.71 bits per heavy atom. The van der Waals surface area contributed by atoms with Crippen LogP contribution in [-0.4, -0.2) is 31.8 Å². The van der Waals surface area contributed by atoms with E-state index >= 15 is 0 Å². The summed E-state index contributed by atoms with van der Waals surface area (Å²) in [7, 11) is -3.95. The Bertz CT molecular complexity index is 999.